The van der Waals surface area contributed by atoms with Gasteiger partial charge in [0.15, 0.2) is 11.2 Å². The maximum atomic E-state index is 13.9. The van der Waals surface area contributed by atoms with Crippen LogP contribution in [-0.2, 0) is 0 Å². The number of anilines is 1. The number of fused-ring (bicyclic) bond motifs is 3. The van der Waals surface area contributed by atoms with E-state index in [0.29, 0.717) is 11.3 Å². The van der Waals surface area contributed by atoms with E-state index < -0.39 is 23.4 Å². The van der Waals surface area contributed by atoms with Crippen LogP contribution in [0.3, 0.4) is 0 Å². The number of hydrogen-bond acceptors (Lipinski definition) is 5. The first-order valence-electron chi connectivity index (χ1n) is 10.1. The van der Waals surface area contributed by atoms with Crippen molar-refractivity contribution in [3.63, 3.8) is 0 Å². The highest BCUT2D eigenvalue weighted by Crippen LogP contribution is 2.55. The smallest absolute Gasteiger partial charge is 0.186 e. The van der Waals surface area contributed by atoms with Gasteiger partial charge in [0, 0.05) is 11.3 Å². The van der Waals surface area contributed by atoms with Crippen LogP contribution in [0, 0.1) is 35.0 Å². The zero-order chi connectivity index (χ0) is 21.6. The van der Waals surface area contributed by atoms with Gasteiger partial charge in [0.1, 0.15) is 11.8 Å². The normalized spacial score (nSPS) is 22.8. The average Bonchev–Trinajstić information content (AvgIpc) is 3.43. The molecule has 5 heteroatoms. The third kappa shape index (κ3) is 2.64. The van der Waals surface area contributed by atoms with E-state index in [1.807, 2.05) is 60.4 Å². The molecule has 0 radical (unpaired) electrons. The quantitative estimate of drug-likeness (QED) is 0.581. The number of hydrogen-bond donors (Lipinski definition) is 0. The monoisotopic (exact) mass is 405 g/mol. The fraction of sp³-hybridized carbons (Fsp3) is 0.192. The second kappa shape index (κ2) is 7.00. The highest BCUT2D eigenvalue weighted by Gasteiger charge is 2.64. The molecule has 0 aliphatic carbocycles. The molecule has 1 saturated heterocycles. The van der Waals surface area contributed by atoms with E-state index in [-0.39, 0.29) is 5.78 Å². The number of aryl methyl sites for hydroxylation is 1. The van der Waals surface area contributed by atoms with E-state index in [4.69, 9.17) is 4.42 Å². The molecular weight excluding hydrogens is 386 g/mol. The van der Waals surface area contributed by atoms with Crippen molar-refractivity contribution in [2.24, 2.45) is 5.41 Å². The Morgan fingerprint density at radius 3 is 2.45 bits per heavy atom. The van der Waals surface area contributed by atoms with E-state index in [2.05, 4.69) is 12.1 Å². The fourth-order valence-corrected chi connectivity index (χ4v) is 4.90. The number of nitriles is 2. The van der Waals surface area contributed by atoms with Crippen molar-refractivity contribution in [2.45, 2.75) is 24.9 Å². The van der Waals surface area contributed by atoms with Gasteiger partial charge in [0.25, 0.3) is 0 Å². The summed E-state index contributed by atoms with van der Waals surface area (Å²) < 4.78 is 5.70. The lowest BCUT2D eigenvalue weighted by Crippen LogP contribution is -2.44. The predicted molar refractivity (Wildman–Crippen MR) is 116 cm³/mol. The first-order chi connectivity index (χ1) is 15.1. The number of ketones is 1. The van der Waals surface area contributed by atoms with Gasteiger partial charge in [-0.25, -0.2) is 0 Å². The Labute approximate surface area is 180 Å². The van der Waals surface area contributed by atoms with E-state index in [1.54, 1.807) is 24.3 Å². The minimum Gasteiger partial charge on any atom is -0.469 e. The number of carbonyl (C=O) groups excluding carboxylic acids is 1. The fourth-order valence-electron chi connectivity index (χ4n) is 4.90. The standard InChI is InChI=1S/C26H19N3O2/c1-17-8-10-19(11-9-17)25(30)24-23(21-7-4-14-31-21)26(15-27,16-28)22-13-12-18-5-2-3-6-20(18)29(22)24/h2-14,22-24H,1H3/t22-,23+,24-/m0/s1. The summed E-state index contributed by atoms with van der Waals surface area (Å²) >= 11 is 0. The Morgan fingerprint density at radius 2 is 1.77 bits per heavy atom. The van der Waals surface area contributed by atoms with Crippen molar-refractivity contribution in [1.29, 1.82) is 10.5 Å². The van der Waals surface area contributed by atoms with Crippen LogP contribution in [0.25, 0.3) is 6.08 Å². The molecule has 5 rings (SSSR count). The molecule has 0 saturated carbocycles. The second-order valence-corrected chi connectivity index (χ2v) is 8.03. The van der Waals surface area contributed by atoms with Crippen LogP contribution in [0.2, 0.25) is 0 Å². The van der Waals surface area contributed by atoms with Crippen LogP contribution in [0.1, 0.15) is 33.2 Å². The zero-order valence-electron chi connectivity index (χ0n) is 16.9. The van der Waals surface area contributed by atoms with Crippen LogP contribution in [0.4, 0.5) is 5.69 Å². The lowest BCUT2D eigenvalue weighted by atomic mass is 9.71. The molecular formula is C26H19N3O2. The maximum absolute atomic E-state index is 13.9. The summed E-state index contributed by atoms with van der Waals surface area (Å²) in [5.74, 6) is -0.412. The number of benzene rings is 2. The summed E-state index contributed by atoms with van der Waals surface area (Å²) in [6.07, 6.45) is 5.31. The van der Waals surface area contributed by atoms with Gasteiger partial charge >= 0.3 is 0 Å². The van der Waals surface area contributed by atoms with Gasteiger partial charge in [-0.15, -0.1) is 0 Å². The third-order valence-electron chi connectivity index (χ3n) is 6.37. The summed E-state index contributed by atoms with van der Waals surface area (Å²) in [6.45, 7) is 1.97. The van der Waals surface area contributed by atoms with E-state index >= 15 is 0 Å². The van der Waals surface area contributed by atoms with Crippen molar-refractivity contribution < 1.29 is 9.21 Å². The van der Waals surface area contributed by atoms with Crippen molar-refractivity contribution in [3.05, 3.63) is 95.5 Å². The third-order valence-corrected chi connectivity index (χ3v) is 6.37. The average molecular weight is 405 g/mol. The van der Waals surface area contributed by atoms with E-state index in [9.17, 15) is 15.3 Å². The Balaban J connectivity index is 1.77. The van der Waals surface area contributed by atoms with E-state index in [0.717, 1.165) is 16.8 Å². The lowest BCUT2D eigenvalue weighted by Gasteiger charge is -2.35. The zero-order valence-corrected chi connectivity index (χ0v) is 16.9. The first-order valence-corrected chi connectivity index (χ1v) is 10.1. The number of furan rings is 1. The molecule has 2 aliphatic rings. The second-order valence-electron chi connectivity index (χ2n) is 8.03. The first kappa shape index (κ1) is 18.9. The van der Waals surface area contributed by atoms with Gasteiger partial charge in [0.05, 0.1) is 30.4 Å². The molecule has 0 amide bonds. The summed E-state index contributed by atoms with van der Waals surface area (Å²) in [6, 6.07) is 21.8. The van der Waals surface area contributed by atoms with Gasteiger partial charge in [-0.3, -0.25) is 4.79 Å². The highest BCUT2D eigenvalue weighted by atomic mass is 16.3. The van der Waals surface area contributed by atoms with Crippen LogP contribution < -0.4 is 4.90 Å². The lowest BCUT2D eigenvalue weighted by molar-refractivity contribution is 0.0946. The largest absolute Gasteiger partial charge is 0.469 e. The molecule has 0 N–H and O–H groups in total. The molecule has 150 valence electrons. The number of nitrogens with zero attached hydrogens (tertiary/aromatic N) is 3. The predicted octanol–water partition coefficient (Wildman–Crippen LogP) is 4.87. The van der Waals surface area contributed by atoms with Crippen molar-refractivity contribution in [1.82, 2.24) is 0 Å². The van der Waals surface area contributed by atoms with Crippen molar-refractivity contribution in [3.8, 4) is 12.1 Å². The molecule has 1 fully saturated rings. The number of Topliss-reactive ketones (excluding diaryl/α,β-unsaturated/α-hetero) is 1. The van der Waals surface area contributed by atoms with Crippen LogP contribution in [0.5, 0.6) is 0 Å². The Kier molecular flexibility index (Phi) is 4.27. The molecule has 5 nitrogen and oxygen atoms in total. The topological polar surface area (TPSA) is 81.0 Å². The molecule has 0 unspecified atom stereocenters. The highest BCUT2D eigenvalue weighted by molar-refractivity contribution is 6.04. The minimum atomic E-state index is -1.48. The Morgan fingerprint density at radius 1 is 1.03 bits per heavy atom. The number of carbonyl (C=O) groups is 1. The SMILES string of the molecule is Cc1ccc(C(=O)[C@@H]2[C@@H](c3ccco3)C(C#N)(C#N)[C@@H]3C=Cc4ccccc4N23)cc1. The molecule has 31 heavy (non-hydrogen) atoms. The molecule has 2 aromatic carbocycles. The van der Waals surface area contributed by atoms with Gasteiger partial charge in [-0.2, -0.15) is 10.5 Å². The van der Waals surface area contributed by atoms with E-state index in [1.165, 1.54) is 6.26 Å². The number of para-hydroxylation sites is 1. The van der Waals surface area contributed by atoms with Gasteiger partial charge in [0.2, 0.25) is 0 Å². The Bertz CT molecular complexity index is 1250. The molecule has 3 aromatic rings. The van der Waals surface area contributed by atoms with Crippen LogP contribution in [0.15, 0.2) is 77.4 Å². The Hall–Kier alpha value is -4.09. The summed E-state index contributed by atoms with van der Waals surface area (Å²) in [7, 11) is 0. The van der Waals surface area contributed by atoms with Gasteiger partial charge in [-0.05, 0) is 30.7 Å². The molecule has 1 aromatic heterocycles. The summed E-state index contributed by atoms with van der Waals surface area (Å²) in [5.41, 5.74) is 1.91. The van der Waals surface area contributed by atoms with Crippen molar-refractivity contribution >= 4 is 17.5 Å². The number of rotatable bonds is 3. The van der Waals surface area contributed by atoms with Gasteiger partial charge in [-0.1, -0.05) is 60.2 Å². The van der Waals surface area contributed by atoms with Crippen LogP contribution >= 0.6 is 0 Å². The molecule has 3 heterocycles. The summed E-state index contributed by atoms with van der Waals surface area (Å²) in [4.78, 5) is 15.9. The molecule has 0 spiro atoms. The molecule has 0 bridgehead atoms. The van der Waals surface area contributed by atoms with Gasteiger partial charge < -0.3 is 9.32 Å². The summed E-state index contributed by atoms with van der Waals surface area (Å²) in [5, 5.41) is 20.6. The maximum Gasteiger partial charge on any atom is 0.186 e. The van der Waals surface area contributed by atoms with Crippen molar-refractivity contribution in [2.75, 3.05) is 4.90 Å². The molecule has 3 atom stereocenters. The minimum absolute atomic E-state index is 0.135. The molecule has 2 aliphatic heterocycles. The van der Waals surface area contributed by atoms with Crippen LogP contribution in [-0.4, -0.2) is 17.9 Å².